The summed E-state index contributed by atoms with van der Waals surface area (Å²) in [6.45, 7) is 2.59. The molecular formula is C12H15N3O3S. The zero-order chi connectivity index (χ0) is 13.5. The summed E-state index contributed by atoms with van der Waals surface area (Å²) < 4.78 is 0. The zero-order valence-corrected chi connectivity index (χ0v) is 11.2. The Morgan fingerprint density at radius 2 is 1.95 bits per heavy atom. The lowest BCUT2D eigenvalue weighted by Crippen LogP contribution is -2.52. The predicted octanol–water partition coefficient (Wildman–Crippen LogP) is 0.656. The summed E-state index contributed by atoms with van der Waals surface area (Å²) in [5.41, 5.74) is -1.11. The van der Waals surface area contributed by atoms with Crippen molar-refractivity contribution in [2.45, 2.75) is 12.8 Å². The molecule has 0 aromatic carbocycles. The number of carbonyl (C=O) groups is 2. The number of aliphatic carboxylic acids is 1. The van der Waals surface area contributed by atoms with E-state index in [4.69, 9.17) is 5.11 Å². The quantitative estimate of drug-likeness (QED) is 0.824. The number of carbonyl (C=O) groups excluding carboxylic acids is 1. The van der Waals surface area contributed by atoms with Crippen LogP contribution in [0.25, 0.3) is 0 Å². The first-order valence-electron chi connectivity index (χ1n) is 6.31. The van der Waals surface area contributed by atoms with Gasteiger partial charge in [0.1, 0.15) is 5.41 Å². The van der Waals surface area contributed by atoms with Gasteiger partial charge in [0.25, 0.3) is 0 Å². The van der Waals surface area contributed by atoms with E-state index in [1.807, 2.05) is 5.38 Å². The molecule has 1 saturated heterocycles. The van der Waals surface area contributed by atoms with Crippen molar-refractivity contribution in [3.05, 3.63) is 11.6 Å². The lowest BCUT2D eigenvalue weighted by molar-refractivity contribution is -0.153. The van der Waals surface area contributed by atoms with Crippen molar-refractivity contribution in [1.82, 2.24) is 9.88 Å². The minimum absolute atomic E-state index is 0.209. The van der Waals surface area contributed by atoms with E-state index in [1.54, 1.807) is 22.4 Å². The lowest BCUT2D eigenvalue weighted by atomic mass is 10.1. The molecule has 0 spiro atoms. The average molecular weight is 281 g/mol. The normalized spacial score (nSPS) is 21.3. The number of anilines is 1. The number of piperazine rings is 1. The number of carboxylic acid groups (broad SMARTS) is 1. The Balaban J connectivity index is 1.62. The van der Waals surface area contributed by atoms with Gasteiger partial charge in [-0.1, -0.05) is 0 Å². The van der Waals surface area contributed by atoms with Gasteiger partial charge < -0.3 is 14.9 Å². The summed E-state index contributed by atoms with van der Waals surface area (Å²) >= 11 is 1.58. The Bertz CT molecular complexity index is 490. The summed E-state index contributed by atoms with van der Waals surface area (Å²) in [6.07, 6.45) is 2.73. The van der Waals surface area contributed by atoms with E-state index in [9.17, 15) is 9.59 Å². The fourth-order valence-corrected chi connectivity index (χ4v) is 3.12. The minimum Gasteiger partial charge on any atom is -0.480 e. The molecule has 6 nitrogen and oxygen atoms in total. The van der Waals surface area contributed by atoms with Crippen LogP contribution in [-0.4, -0.2) is 53.0 Å². The van der Waals surface area contributed by atoms with Gasteiger partial charge in [0.2, 0.25) is 5.91 Å². The van der Waals surface area contributed by atoms with Crippen LogP contribution in [0.1, 0.15) is 12.8 Å². The third kappa shape index (κ3) is 2.07. The van der Waals surface area contributed by atoms with E-state index in [2.05, 4.69) is 9.88 Å². The predicted molar refractivity (Wildman–Crippen MR) is 70.2 cm³/mol. The van der Waals surface area contributed by atoms with Crippen molar-refractivity contribution in [3.63, 3.8) is 0 Å². The minimum atomic E-state index is -1.11. The van der Waals surface area contributed by atoms with Crippen molar-refractivity contribution >= 4 is 28.3 Å². The highest BCUT2D eigenvalue weighted by molar-refractivity contribution is 7.13. The van der Waals surface area contributed by atoms with Gasteiger partial charge in [-0.15, -0.1) is 11.3 Å². The van der Waals surface area contributed by atoms with E-state index in [0.717, 1.165) is 18.2 Å². The fourth-order valence-electron chi connectivity index (χ4n) is 2.42. The maximum Gasteiger partial charge on any atom is 0.319 e. The largest absolute Gasteiger partial charge is 0.480 e. The monoisotopic (exact) mass is 281 g/mol. The topological polar surface area (TPSA) is 73.7 Å². The van der Waals surface area contributed by atoms with Crippen molar-refractivity contribution < 1.29 is 14.7 Å². The molecule has 1 aliphatic carbocycles. The molecule has 3 rings (SSSR count). The van der Waals surface area contributed by atoms with Gasteiger partial charge >= 0.3 is 5.97 Å². The van der Waals surface area contributed by atoms with Crippen LogP contribution in [0.2, 0.25) is 0 Å². The number of thiazole rings is 1. The summed E-state index contributed by atoms with van der Waals surface area (Å²) in [4.78, 5) is 31.4. The van der Waals surface area contributed by atoms with Gasteiger partial charge in [-0.05, 0) is 12.8 Å². The smallest absolute Gasteiger partial charge is 0.319 e. The molecule has 1 aliphatic heterocycles. The first kappa shape index (κ1) is 12.4. The third-order valence-electron chi connectivity index (χ3n) is 3.83. The molecule has 0 radical (unpaired) electrons. The molecule has 2 fully saturated rings. The standard InChI is InChI=1S/C12H15N3O3S/c16-9(12(1-2-12)10(17)18)14-4-6-15(7-5-14)11-13-3-8-19-11/h3,8H,1-2,4-7H2,(H,17,18). The zero-order valence-electron chi connectivity index (χ0n) is 10.4. The highest BCUT2D eigenvalue weighted by Crippen LogP contribution is 2.47. The molecule has 102 valence electrons. The Kier molecular flexibility index (Phi) is 2.93. The molecule has 0 atom stereocenters. The molecule has 1 aromatic heterocycles. The number of carboxylic acids is 1. The highest BCUT2D eigenvalue weighted by Gasteiger charge is 2.58. The van der Waals surface area contributed by atoms with Crippen molar-refractivity contribution in [2.75, 3.05) is 31.1 Å². The SMILES string of the molecule is O=C(O)C1(C(=O)N2CCN(c3nccs3)CC2)CC1. The number of nitrogens with zero attached hydrogens (tertiary/aromatic N) is 3. The molecule has 0 bridgehead atoms. The average Bonchev–Trinajstić information content (AvgIpc) is 3.07. The summed E-state index contributed by atoms with van der Waals surface area (Å²) in [7, 11) is 0. The van der Waals surface area contributed by atoms with E-state index in [-0.39, 0.29) is 5.91 Å². The molecule has 1 amide bonds. The molecule has 1 saturated carbocycles. The summed E-state index contributed by atoms with van der Waals surface area (Å²) in [5.74, 6) is -1.18. The Morgan fingerprint density at radius 3 is 2.42 bits per heavy atom. The number of hydrogen-bond acceptors (Lipinski definition) is 5. The van der Waals surface area contributed by atoms with Gasteiger partial charge in [-0.25, -0.2) is 4.98 Å². The van der Waals surface area contributed by atoms with Crippen molar-refractivity contribution in [1.29, 1.82) is 0 Å². The van der Waals surface area contributed by atoms with E-state index < -0.39 is 11.4 Å². The van der Waals surface area contributed by atoms with E-state index in [0.29, 0.717) is 25.9 Å². The van der Waals surface area contributed by atoms with E-state index in [1.165, 1.54) is 0 Å². The molecule has 19 heavy (non-hydrogen) atoms. The molecule has 7 heteroatoms. The summed E-state index contributed by atoms with van der Waals surface area (Å²) in [5, 5.41) is 12.0. The lowest BCUT2D eigenvalue weighted by Gasteiger charge is -2.35. The summed E-state index contributed by atoms with van der Waals surface area (Å²) in [6, 6.07) is 0. The number of amides is 1. The maximum absolute atomic E-state index is 12.2. The Hall–Kier alpha value is -1.63. The first-order chi connectivity index (χ1) is 9.13. The van der Waals surface area contributed by atoms with Gasteiger partial charge in [0.15, 0.2) is 5.13 Å². The second-order valence-corrected chi connectivity index (χ2v) is 5.85. The molecule has 2 heterocycles. The second kappa shape index (κ2) is 4.48. The van der Waals surface area contributed by atoms with Crippen LogP contribution >= 0.6 is 11.3 Å². The first-order valence-corrected chi connectivity index (χ1v) is 7.19. The van der Waals surface area contributed by atoms with Gasteiger partial charge in [0.05, 0.1) is 0 Å². The van der Waals surface area contributed by atoms with Crippen LogP contribution in [0, 0.1) is 5.41 Å². The highest BCUT2D eigenvalue weighted by atomic mass is 32.1. The van der Waals surface area contributed by atoms with E-state index >= 15 is 0 Å². The number of aromatic nitrogens is 1. The van der Waals surface area contributed by atoms with Gasteiger partial charge in [-0.3, -0.25) is 9.59 Å². The van der Waals surface area contributed by atoms with Gasteiger partial charge in [0, 0.05) is 37.8 Å². The maximum atomic E-state index is 12.2. The Labute approximate surface area is 114 Å². The molecular weight excluding hydrogens is 266 g/mol. The second-order valence-electron chi connectivity index (χ2n) is 4.98. The molecule has 2 aliphatic rings. The van der Waals surface area contributed by atoms with Crippen LogP contribution in [0.3, 0.4) is 0 Å². The van der Waals surface area contributed by atoms with Crippen LogP contribution in [0.5, 0.6) is 0 Å². The van der Waals surface area contributed by atoms with Crippen LogP contribution in [0.4, 0.5) is 5.13 Å². The molecule has 1 aromatic rings. The van der Waals surface area contributed by atoms with Crippen molar-refractivity contribution in [2.24, 2.45) is 5.41 Å². The Morgan fingerprint density at radius 1 is 1.26 bits per heavy atom. The fraction of sp³-hybridized carbons (Fsp3) is 0.583. The van der Waals surface area contributed by atoms with Crippen LogP contribution < -0.4 is 4.90 Å². The van der Waals surface area contributed by atoms with Crippen molar-refractivity contribution in [3.8, 4) is 0 Å². The number of rotatable bonds is 3. The molecule has 0 unspecified atom stereocenters. The van der Waals surface area contributed by atoms with Crippen LogP contribution in [-0.2, 0) is 9.59 Å². The third-order valence-corrected chi connectivity index (χ3v) is 4.66. The molecule has 1 N–H and O–H groups in total. The number of hydrogen-bond donors (Lipinski definition) is 1. The van der Waals surface area contributed by atoms with Gasteiger partial charge in [-0.2, -0.15) is 0 Å². The van der Waals surface area contributed by atoms with Crippen LogP contribution in [0.15, 0.2) is 11.6 Å².